The minimum Gasteiger partial charge on any atom is -0.471 e. The summed E-state index contributed by atoms with van der Waals surface area (Å²) < 4.78 is 46.8. The molecule has 2 aromatic carbocycles. The number of benzene rings is 2. The first kappa shape index (κ1) is 26.2. The van der Waals surface area contributed by atoms with Crippen molar-refractivity contribution in [2.45, 2.75) is 23.3 Å². The lowest BCUT2D eigenvalue weighted by molar-refractivity contribution is -0.0954. The molecule has 2 N–H and O–H groups in total. The second-order valence-electron chi connectivity index (χ2n) is 8.66. The van der Waals surface area contributed by atoms with Crippen LogP contribution in [0.2, 0.25) is 0 Å². The number of hydrogen-bond donors (Lipinski definition) is 1. The van der Waals surface area contributed by atoms with E-state index in [1.807, 2.05) is 41.8 Å². The number of oxazole rings is 1. The number of hydrogen-bond acceptors (Lipinski definition) is 8. The molecule has 0 bridgehead atoms. The molecule has 10 heteroatoms. The summed E-state index contributed by atoms with van der Waals surface area (Å²) in [4.78, 5) is 4.62. The highest BCUT2D eigenvalue weighted by Gasteiger charge is 2.37. The van der Waals surface area contributed by atoms with Crippen LogP contribution in [0.4, 0.5) is 0 Å². The van der Waals surface area contributed by atoms with Crippen LogP contribution in [0.3, 0.4) is 0 Å². The second kappa shape index (κ2) is 11.1. The summed E-state index contributed by atoms with van der Waals surface area (Å²) in [5.74, 6) is 6.64. The first-order valence-electron chi connectivity index (χ1n) is 11.9. The molecule has 4 aromatic rings. The van der Waals surface area contributed by atoms with Crippen LogP contribution in [0, 0.1) is 11.8 Å². The molecule has 5 rings (SSSR count). The fourth-order valence-corrected chi connectivity index (χ4v) is 5.75. The van der Waals surface area contributed by atoms with Crippen molar-refractivity contribution in [1.29, 1.82) is 0 Å². The predicted molar refractivity (Wildman–Crippen MR) is 144 cm³/mol. The molecule has 3 heterocycles. The first-order chi connectivity index (χ1) is 18.4. The van der Waals surface area contributed by atoms with Gasteiger partial charge in [-0.25, -0.2) is 18.5 Å². The summed E-state index contributed by atoms with van der Waals surface area (Å²) in [5.41, 5.74) is 2.69. The third-order valence-electron chi connectivity index (χ3n) is 6.40. The van der Waals surface area contributed by atoms with Gasteiger partial charge in [-0.2, -0.15) is 0 Å². The van der Waals surface area contributed by atoms with Gasteiger partial charge in [0.05, 0.1) is 4.90 Å². The van der Waals surface area contributed by atoms with E-state index in [-0.39, 0.29) is 17.4 Å². The molecule has 2 aromatic heterocycles. The maximum atomic E-state index is 11.7. The smallest absolute Gasteiger partial charge is 0.274 e. The zero-order chi connectivity index (χ0) is 26.6. The summed E-state index contributed by atoms with van der Waals surface area (Å²) in [6.45, 7) is 1.43. The summed E-state index contributed by atoms with van der Waals surface area (Å²) in [5, 5.41) is 8.00. The summed E-state index contributed by atoms with van der Waals surface area (Å²) in [6, 6.07) is 17.7. The summed E-state index contributed by atoms with van der Waals surface area (Å²) in [7, 11) is -2.08. The highest BCUT2D eigenvalue weighted by atomic mass is 32.2. The van der Waals surface area contributed by atoms with Crippen molar-refractivity contribution >= 4 is 21.4 Å². The standard InChI is InChI=1S/C28H26N2O6S2/c1-33-28(14-17-34-18-15-28)23-13-19-37-27(23)35-16-5-8-24-30-25(20-6-3-2-4-7-20)26(36-24)21-9-11-22(12-10-21)38(29,31)32/h2-4,6-7,9-13,19H,14-18H2,1H3,(H2,29,31,32). The number of primary sulfonamides is 1. The van der Waals surface area contributed by atoms with Crippen molar-refractivity contribution in [2.24, 2.45) is 5.14 Å². The maximum absolute atomic E-state index is 11.7. The number of aromatic nitrogens is 1. The van der Waals surface area contributed by atoms with E-state index in [0.29, 0.717) is 30.2 Å². The van der Waals surface area contributed by atoms with E-state index in [2.05, 4.69) is 16.8 Å². The third-order valence-corrected chi connectivity index (χ3v) is 8.16. The quantitative estimate of drug-likeness (QED) is 0.329. The zero-order valence-electron chi connectivity index (χ0n) is 20.7. The van der Waals surface area contributed by atoms with Gasteiger partial charge in [-0.1, -0.05) is 36.3 Å². The molecule has 1 aliphatic heterocycles. The molecular weight excluding hydrogens is 524 g/mol. The van der Waals surface area contributed by atoms with E-state index in [1.54, 1.807) is 19.2 Å². The molecule has 0 unspecified atom stereocenters. The van der Waals surface area contributed by atoms with Crippen LogP contribution >= 0.6 is 11.3 Å². The Balaban J connectivity index is 1.38. The van der Waals surface area contributed by atoms with Gasteiger partial charge in [0.1, 0.15) is 11.3 Å². The van der Waals surface area contributed by atoms with Gasteiger partial charge in [0, 0.05) is 49.9 Å². The molecule has 0 atom stereocenters. The van der Waals surface area contributed by atoms with E-state index in [1.165, 1.54) is 23.5 Å². The number of sulfonamides is 1. The molecule has 0 spiro atoms. The average Bonchev–Trinajstić information content (AvgIpc) is 3.59. The molecule has 196 valence electrons. The zero-order valence-corrected chi connectivity index (χ0v) is 22.3. The van der Waals surface area contributed by atoms with Crippen molar-refractivity contribution < 1.29 is 27.0 Å². The molecule has 8 nitrogen and oxygen atoms in total. The Labute approximate surface area is 225 Å². The number of methoxy groups -OCH3 is 1. The minimum absolute atomic E-state index is 0.0168. The highest BCUT2D eigenvalue weighted by molar-refractivity contribution is 7.89. The number of nitrogens with zero attached hydrogens (tertiary/aromatic N) is 1. The van der Waals surface area contributed by atoms with E-state index in [9.17, 15) is 8.42 Å². The fraction of sp³-hybridized carbons (Fsp3) is 0.250. The van der Waals surface area contributed by atoms with Crippen LogP contribution in [-0.4, -0.2) is 40.3 Å². The topological polar surface area (TPSA) is 114 Å². The normalized spacial score (nSPS) is 15.0. The Bertz CT molecular complexity index is 1560. The van der Waals surface area contributed by atoms with Crippen LogP contribution in [0.5, 0.6) is 5.06 Å². The van der Waals surface area contributed by atoms with E-state index >= 15 is 0 Å². The molecule has 0 amide bonds. The highest BCUT2D eigenvalue weighted by Crippen LogP contribution is 2.43. The van der Waals surface area contributed by atoms with Crippen LogP contribution in [-0.2, 0) is 25.1 Å². The molecule has 1 saturated heterocycles. The Morgan fingerprint density at radius 2 is 1.79 bits per heavy atom. The number of ether oxygens (including phenoxy) is 3. The molecule has 38 heavy (non-hydrogen) atoms. The minimum atomic E-state index is -3.80. The van der Waals surface area contributed by atoms with Gasteiger partial charge in [0.2, 0.25) is 10.0 Å². The van der Waals surface area contributed by atoms with E-state index in [0.717, 1.165) is 29.0 Å². The summed E-state index contributed by atoms with van der Waals surface area (Å²) >= 11 is 1.51. The van der Waals surface area contributed by atoms with E-state index in [4.69, 9.17) is 23.8 Å². The van der Waals surface area contributed by atoms with Crippen LogP contribution in [0.1, 0.15) is 24.3 Å². The Kier molecular flexibility index (Phi) is 7.65. The van der Waals surface area contributed by atoms with Crippen LogP contribution in [0.25, 0.3) is 22.6 Å². The van der Waals surface area contributed by atoms with Crippen molar-refractivity contribution in [1.82, 2.24) is 4.98 Å². The predicted octanol–water partition coefficient (Wildman–Crippen LogP) is 4.80. The molecular formula is C28H26N2O6S2. The van der Waals surface area contributed by atoms with Crippen LogP contribution in [0.15, 0.2) is 75.4 Å². The van der Waals surface area contributed by atoms with E-state index < -0.39 is 15.6 Å². The molecule has 1 aliphatic rings. The first-order valence-corrected chi connectivity index (χ1v) is 14.3. The van der Waals surface area contributed by atoms with Gasteiger partial charge in [0.15, 0.2) is 17.4 Å². The lowest BCUT2D eigenvalue weighted by Gasteiger charge is -2.36. The molecule has 0 aliphatic carbocycles. The van der Waals surface area contributed by atoms with Gasteiger partial charge in [-0.05, 0) is 41.6 Å². The van der Waals surface area contributed by atoms with Crippen LogP contribution < -0.4 is 9.88 Å². The average molecular weight is 551 g/mol. The number of nitrogens with two attached hydrogens (primary N) is 1. The lowest BCUT2D eigenvalue weighted by Crippen LogP contribution is -2.35. The molecule has 1 fully saturated rings. The largest absolute Gasteiger partial charge is 0.471 e. The van der Waals surface area contributed by atoms with Gasteiger partial charge in [-0.15, -0.1) is 11.3 Å². The number of rotatable bonds is 7. The Morgan fingerprint density at radius 1 is 1.05 bits per heavy atom. The van der Waals surface area contributed by atoms with Gasteiger partial charge in [0.25, 0.3) is 5.89 Å². The third kappa shape index (κ3) is 5.53. The Hall–Kier alpha value is -3.46. The maximum Gasteiger partial charge on any atom is 0.274 e. The monoisotopic (exact) mass is 550 g/mol. The van der Waals surface area contributed by atoms with Crippen molar-refractivity contribution in [3.05, 3.63) is 77.5 Å². The van der Waals surface area contributed by atoms with Gasteiger partial charge in [-0.3, -0.25) is 0 Å². The SMILES string of the molecule is COC1(c2ccsc2OCC#Cc2nc(-c3ccccc3)c(-c3ccc(S(N)(=O)=O)cc3)o2)CCOCC1. The van der Waals surface area contributed by atoms with Crippen molar-refractivity contribution in [2.75, 3.05) is 26.9 Å². The fourth-order valence-electron chi connectivity index (χ4n) is 4.40. The van der Waals surface area contributed by atoms with Crippen molar-refractivity contribution in [3.63, 3.8) is 0 Å². The number of thiophene rings is 1. The van der Waals surface area contributed by atoms with Gasteiger partial charge >= 0.3 is 0 Å². The molecule has 0 saturated carbocycles. The summed E-state index contributed by atoms with van der Waals surface area (Å²) in [6.07, 6.45) is 1.53. The lowest BCUT2D eigenvalue weighted by atomic mass is 9.87. The van der Waals surface area contributed by atoms with Gasteiger partial charge < -0.3 is 18.6 Å². The van der Waals surface area contributed by atoms with Crippen molar-refractivity contribution in [3.8, 4) is 39.5 Å². The second-order valence-corrected chi connectivity index (χ2v) is 11.1. The molecule has 0 radical (unpaired) electrons. The Morgan fingerprint density at radius 3 is 2.47 bits per heavy atom.